The summed E-state index contributed by atoms with van der Waals surface area (Å²) in [6, 6.07) is 14.9. The highest BCUT2D eigenvalue weighted by atomic mass is 16.5. The van der Waals surface area contributed by atoms with E-state index in [1.54, 1.807) is 25.3 Å². The molecule has 1 amide bonds. The second kappa shape index (κ2) is 10.2. The van der Waals surface area contributed by atoms with Crippen LogP contribution in [0.5, 0.6) is 5.75 Å². The maximum atomic E-state index is 12.1. The van der Waals surface area contributed by atoms with Gasteiger partial charge in [-0.2, -0.15) is 0 Å². The lowest BCUT2D eigenvalue weighted by molar-refractivity contribution is -0.142. The Bertz CT molecular complexity index is 796. The third-order valence-electron chi connectivity index (χ3n) is 4.25. The van der Waals surface area contributed by atoms with Crippen LogP contribution < -0.4 is 10.1 Å². The summed E-state index contributed by atoms with van der Waals surface area (Å²) < 4.78 is 10.1. The first kappa shape index (κ1) is 20.2. The van der Waals surface area contributed by atoms with E-state index in [4.69, 9.17) is 9.47 Å². The van der Waals surface area contributed by atoms with Gasteiger partial charge in [0.2, 0.25) is 0 Å². The Morgan fingerprint density at radius 1 is 1.11 bits per heavy atom. The van der Waals surface area contributed by atoms with Crippen molar-refractivity contribution in [1.82, 2.24) is 0 Å². The number of esters is 1. The van der Waals surface area contributed by atoms with Crippen LogP contribution in [0.2, 0.25) is 0 Å². The van der Waals surface area contributed by atoms with Crippen molar-refractivity contribution in [3.63, 3.8) is 0 Å². The van der Waals surface area contributed by atoms with Gasteiger partial charge in [0.25, 0.3) is 5.91 Å². The van der Waals surface area contributed by atoms with Gasteiger partial charge in [0, 0.05) is 11.8 Å². The molecule has 27 heavy (non-hydrogen) atoms. The highest BCUT2D eigenvalue weighted by Gasteiger charge is 2.12. The van der Waals surface area contributed by atoms with E-state index < -0.39 is 5.97 Å². The summed E-state index contributed by atoms with van der Waals surface area (Å²) in [5.74, 6) is 0.133. The topological polar surface area (TPSA) is 64.6 Å². The van der Waals surface area contributed by atoms with E-state index in [0.717, 1.165) is 29.0 Å². The third kappa shape index (κ3) is 6.29. The first-order valence-electron chi connectivity index (χ1n) is 8.91. The van der Waals surface area contributed by atoms with E-state index in [9.17, 15) is 9.59 Å². The molecular formula is C22H25NO4. The standard InChI is InChI=1S/C22H25NO4/c1-4-16(2)19-7-5-6-8-20(19)23-21(24)15-27-22(25)14-11-17-9-12-18(26-3)13-10-17/h5-14,16H,4,15H2,1-3H3,(H,23,24)/b14-11+/t16-/m1/s1. The minimum atomic E-state index is -0.573. The molecule has 0 aliphatic rings. The predicted octanol–water partition coefficient (Wildman–Crippen LogP) is 4.40. The van der Waals surface area contributed by atoms with Crippen LogP contribution in [0.15, 0.2) is 54.6 Å². The number of hydrogen-bond acceptors (Lipinski definition) is 4. The van der Waals surface area contributed by atoms with Crippen LogP contribution in [0, 0.1) is 0 Å². The monoisotopic (exact) mass is 367 g/mol. The lowest BCUT2D eigenvalue weighted by atomic mass is 9.97. The van der Waals surface area contributed by atoms with Crippen LogP contribution in [0.1, 0.15) is 37.3 Å². The normalized spacial score (nSPS) is 11.8. The maximum absolute atomic E-state index is 12.1. The molecule has 2 rings (SSSR count). The van der Waals surface area contributed by atoms with Crippen LogP contribution >= 0.6 is 0 Å². The second-order valence-corrected chi connectivity index (χ2v) is 6.16. The molecule has 5 heteroatoms. The van der Waals surface area contributed by atoms with Gasteiger partial charge in [0.05, 0.1) is 7.11 Å². The molecule has 2 aromatic carbocycles. The molecule has 0 fully saturated rings. The summed E-state index contributed by atoms with van der Waals surface area (Å²) >= 11 is 0. The van der Waals surface area contributed by atoms with E-state index in [0.29, 0.717) is 5.92 Å². The molecule has 0 aliphatic carbocycles. The summed E-state index contributed by atoms with van der Waals surface area (Å²) in [4.78, 5) is 23.9. The number of benzene rings is 2. The Kier molecular flexibility index (Phi) is 7.62. The van der Waals surface area contributed by atoms with E-state index in [1.807, 2.05) is 36.4 Å². The fraction of sp³-hybridized carbons (Fsp3) is 0.273. The van der Waals surface area contributed by atoms with Crippen molar-refractivity contribution in [2.75, 3.05) is 19.0 Å². The average Bonchev–Trinajstić information content (AvgIpc) is 2.71. The van der Waals surface area contributed by atoms with Crippen molar-refractivity contribution in [3.8, 4) is 5.75 Å². The molecular weight excluding hydrogens is 342 g/mol. The number of amides is 1. The van der Waals surface area contributed by atoms with Crippen LogP contribution in [-0.4, -0.2) is 25.6 Å². The van der Waals surface area contributed by atoms with Gasteiger partial charge in [-0.15, -0.1) is 0 Å². The van der Waals surface area contributed by atoms with E-state index in [2.05, 4.69) is 19.2 Å². The molecule has 0 radical (unpaired) electrons. The number of carbonyl (C=O) groups is 2. The molecule has 0 saturated carbocycles. The molecule has 0 heterocycles. The Labute approximate surface area is 160 Å². The fourth-order valence-corrected chi connectivity index (χ4v) is 2.51. The van der Waals surface area contributed by atoms with Crippen LogP contribution in [0.3, 0.4) is 0 Å². The Balaban J connectivity index is 1.86. The van der Waals surface area contributed by atoms with Gasteiger partial charge >= 0.3 is 5.97 Å². The minimum Gasteiger partial charge on any atom is -0.497 e. The SMILES string of the molecule is CC[C@@H](C)c1ccccc1NC(=O)COC(=O)/C=C/c1ccc(OC)cc1. The number of rotatable bonds is 8. The Morgan fingerprint density at radius 2 is 1.81 bits per heavy atom. The van der Waals surface area contributed by atoms with Gasteiger partial charge < -0.3 is 14.8 Å². The number of hydrogen-bond donors (Lipinski definition) is 1. The van der Waals surface area contributed by atoms with Crippen molar-refractivity contribution in [2.24, 2.45) is 0 Å². The predicted molar refractivity (Wildman–Crippen MR) is 107 cm³/mol. The molecule has 0 saturated heterocycles. The summed E-state index contributed by atoms with van der Waals surface area (Å²) in [7, 11) is 1.59. The highest BCUT2D eigenvalue weighted by molar-refractivity contribution is 5.95. The van der Waals surface area contributed by atoms with Crippen molar-refractivity contribution < 1.29 is 19.1 Å². The molecule has 0 aromatic heterocycles. The number of carbonyl (C=O) groups excluding carboxylic acids is 2. The first-order chi connectivity index (χ1) is 13.0. The van der Waals surface area contributed by atoms with Gasteiger partial charge in [-0.05, 0) is 47.7 Å². The van der Waals surface area contributed by atoms with Crippen LogP contribution in [0.4, 0.5) is 5.69 Å². The van der Waals surface area contributed by atoms with Crippen LogP contribution in [-0.2, 0) is 14.3 Å². The quantitative estimate of drug-likeness (QED) is 0.555. The average molecular weight is 367 g/mol. The molecule has 0 bridgehead atoms. The summed E-state index contributed by atoms with van der Waals surface area (Å²) in [6.45, 7) is 3.87. The molecule has 2 aromatic rings. The highest BCUT2D eigenvalue weighted by Crippen LogP contribution is 2.26. The summed E-state index contributed by atoms with van der Waals surface area (Å²) in [6.07, 6.45) is 3.89. The zero-order valence-corrected chi connectivity index (χ0v) is 15.9. The lowest BCUT2D eigenvalue weighted by Crippen LogP contribution is -2.21. The maximum Gasteiger partial charge on any atom is 0.331 e. The molecule has 142 valence electrons. The zero-order chi connectivity index (χ0) is 19.6. The van der Waals surface area contributed by atoms with Crippen LogP contribution in [0.25, 0.3) is 6.08 Å². The first-order valence-corrected chi connectivity index (χ1v) is 8.91. The molecule has 1 N–H and O–H groups in total. The van der Waals surface area contributed by atoms with Gasteiger partial charge in [-0.3, -0.25) is 4.79 Å². The Morgan fingerprint density at radius 3 is 2.48 bits per heavy atom. The van der Waals surface area contributed by atoms with E-state index in [1.165, 1.54) is 6.08 Å². The molecule has 5 nitrogen and oxygen atoms in total. The number of ether oxygens (including phenoxy) is 2. The minimum absolute atomic E-state index is 0.330. The fourth-order valence-electron chi connectivity index (χ4n) is 2.51. The second-order valence-electron chi connectivity index (χ2n) is 6.16. The lowest BCUT2D eigenvalue weighted by Gasteiger charge is -2.15. The molecule has 0 unspecified atom stereocenters. The third-order valence-corrected chi connectivity index (χ3v) is 4.25. The van der Waals surface area contributed by atoms with Gasteiger partial charge in [0.1, 0.15) is 5.75 Å². The summed E-state index contributed by atoms with van der Waals surface area (Å²) in [5.41, 5.74) is 2.65. The van der Waals surface area contributed by atoms with Crippen molar-refractivity contribution in [1.29, 1.82) is 0 Å². The zero-order valence-electron chi connectivity index (χ0n) is 15.9. The largest absolute Gasteiger partial charge is 0.497 e. The number of nitrogens with one attached hydrogen (secondary N) is 1. The summed E-state index contributed by atoms with van der Waals surface area (Å²) in [5, 5.41) is 2.81. The number of anilines is 1. The molecule has 0 aliphatic heterocycles. The van der Waals surface area contributed by atoms with Gasteiger partial charge in [-0.1, -0.05) is 44.2 Å². The smallest absolute Gasteiger partial charge is 0.331 e. The van der Waals surface area contributed by atoms with Crippen molar-refractivity contribution in [2.45, 2.75) is 26.2 Å². The Hall–Kier alpha value is -3.08. The van der Waals surface area contributed by atoms with E-state index in [-0.39, 0.29) is 12.5 Å². The van der Waals surface area contributed by atoms with Crippen molar-refractivity contribution >= 4 is 23.6 Å². The van der Waals surface area contributed by atoms with E-state index >= 15 is 0 Å². The molecule has 0 spiro atoms. The molecule has 1 atom stereocenters. The number of methoxy groups -OCH3 is 1. The number of para-hydroxylation sites is 1. The van der Waals surface area contributed by atoms with Gasteiger partial charge in [-0.25, -0.2) is 4.79 Å². The van der Waals surface area contributed by atoms with Crippen molar-refractivity contribution in [3.05, 3.63) is 65.7 Å². The van der Waals surface area contributed by atoms with Gasteiger partial charge in [0.15, 0.2) is 6.61 Å².